The lowest BCUT2D eigenvalue weighted by molar-refractivity contribution is -0.161. The molecule has 7 nitrogen and oxygen atoms in total. The lowest BCUT2D eigenvalue weighted by Gasteiger charge is -2.30. The first-order valence-electron chi connectivity index (χ1n) is 7.18. The van der Waals surface area contributed by atoms with E-state index in [9.17, 15) is 31.9 Å². The number of hydrogen-bond donors (Lipinski definition) is 3. The molecule has 2 rings (SSSR count). The molecule has 2 fully saturated rings. The average molecular weight is 355 g/mol. The Hall–Kier alpha value is -1.29. The Morgan fingerprint density at radius 2 is 1.70 bits per heavy atom. The zero-order valence-electron chi connectivity index (χ0n) is 12.4. The van der Waals surface area contributed by atoms with E-state index in [4.69, 9.17) is 5.11 Å². The maximum Gasteiger partial charge on any atom is 0.329 e. The van der Waals surface area contributed by atoms with E-state index in [2.05, 4.69) is 0 Å². The lowest BCUT2D eigenvalue weighted by Crippen LogP contribution is -2.59. The van der Waals surface area contributed by atoms with Crippen molar-refractivity contribution >= 4 is 21.7 Å². The van der Waals surface area contributed by atoms with Crippen molar-refractivity contribution in [3.63, 3.8) is 0 Å². The fourth-order valence-corrected chi connectivity index (χ4v) is 5.66. The van der Waals surface area contributed by atoms with Crippen LogP contribution in [0, 0.1) is 17.8 Å². The van der Waals surface area contributed by atoms with Gasteiger partial charge >= 0.3 is 5.97 Å². The molecule has 1 amide bonds. The van der Waals surface area contributed by atoms with Gasteiger partial charge in [0.2, 0.25) is 5.91 Å². The van der Waals surface area contributed by atoms with E-state index in [0.29, 0.717) is 6.92 Å². The number of nitrogens with one attached hydrogen (secondary N) is 1. The van der Waals surface area contributed by atoms with Crippen molar-refractivity contribution in [3.05, 3.63) is 0 Å². The van der Waals surface area contributed by atoms with Gasteiger partial charge in [0.05, 0.1) is 11.5 Å². The molecule has 23 heavy (non-hydrogen) atoms. The average Bonchev–Trinajstić information content (AvgIpc) is 2.88. The summed E-state index contributed by atoms with van der Waals surface area (Å²) in [5, 5.41) is 20.6. The number of alkyl halides is 2. The van der Waals surface area contributed by atoms with Crippen molar-refractivity contribution in [1.29, 1.82) is 0 Å². The van der Waals surface area contributed by atoms with Crippen LogP contribution in [-0.2, 0) is 19.4 Å². The number of carboxylic acid groups (broad SMARTS) is 1. The summed E-state index contributed by atoms with van der Waals surface area (Å²) in [4.78, 5) is 23.2. The first kappa shape index (κ1) is 18.1. The number of rotatable bonds is 5. The Bertz CT molecular complexity index is 586. The molecule has 5 atom stereocenters. The monoisotopic (exact) mass is 355 g/mol. The smallest absolute Gasteiger partial charge is 0.329 e. The van der Waals surface area contributed by atoms with Crippen LogP contribution in [0.15, 0.2) is 0 Å². The van der Waals surface area contributed by atoms with Crippen LogP contribution < -0.4 is 5.32 Å². The maximum atomic E-state index is 12.8. The number of fused-ring (bicyclic) bond motifs is 1. The fraction of sp³-hybridized carbons (Fsp3) is 0.846. The van der Waals surface area contributed by atoms with Crippen molar-refractivity contribution in [2.24, 2.45) is 17.8 Å². The Balaban J connectivity index is 2.03. The zero-order valence-corrected chi connectivity index (χ0v) is 13.2. The van der Waals surface area contributed by atoms with Gasteiger partial charge in [-0.25, -0.2) is 22.0 Å². The summed E-state index contributed by atoms with van der Waals surface area (Å²) in [7, 11) is -3.09. The molecule has 1 unspecified atom stereocenters. The molecule has 1 heterocycles. The van der Waals surface area contributed by atoms with Gasteiger partial charge in [-0.3, -0.25) is 4.79 Å². The summed E-state index contributed by atoms with van der Waals surface area (Å²) in [5.41, 5.74) is -2.90. The summed E-state index contributed by atoms with van der Waals surface area (Å²) in [6.07, 6.45) is -2.80. The molecule has 2 aliphatic rings. The van der Waals surface area contributed by atoms with Gasteiger partial charge in [0, 0.05) is 5.92 Å². The predicted octanol–water partition coefficient (Wildman–Crippen LogP) is -0.357. The van der Waals surface area contributed by atoms with Gasteiger partial charge in [-0.05, 0) is 31.6 Å². The zero-order chi connectivity index (χ0) is 17.6. The number of carbonyl (C=O) groups is 2. The molecule has 0 aromatic heterocycles. The highest BCUT2D eigenvalue weighted by Crippen LogP contribution is 2.42. The second-order valence-corrected chi connectivity index (χ2v) is 8.73. The largest absolute Gasteiger partial charge is 0.480 e. The standard InChI is InChI=1S/C13H19F2NO6S/c1-13(20,12(14)15)9(11(18)19)16-10(17)6-2-7-4-23(21,22)5-8(7)3-6/h6-9,12,20H,2-5H2,1H3,(H,16,17)(H,18,19)/t6?,7-,8+,9-,13+/m1/s1. The van der Waals surface area contributed by atoms with Crippen LogP contribution in [0.25, 0.3) is 0 Å². The molecule has 1 aliphatic heterocycles. The molecule has 10 heteroatoms. The normalized spacial score (nSPS) is 33.0. The summed E-state index contributed by atoms with van der Waals surface area (Å²) in [6.45, 7) is 0.646. The van der Waals surface area contributed by atoms with Crippen LogP contribution in [-0.4, -0.2) is 60.1 Å². The highest BCUT2D eigenvalue weighted by Gasteiger charge is 2.49. The van der Waals surface area contributed by atoms with E-state index in [0.717, 1.165) is 0 Å². The van der Waals surface area contributed by atoms with Crippen LogP contribution in [0.3, 0.4) is 0 Å². The van der Waals surface area contributed by atoms with Crippen molar-refractivity contribution < 1.29 is 37.0 Å². The summed E-state index contributed by atoms with van der Waals surface area (Å²) >= 11 is 0. The minimum atomic E-state index is -3.35. The highest BCUT2D eigenvalue weighted by molar-refractivity contribution is 7.91. The van der Waals surface area contributed by atoms with Gasteiger partial charge in [0.25, 0.3) is 6.43 Å². The summed E-state index contributed by atoms with van der Waals surface area (Å²) in [6, 6.07) is -2.14. The molecule has 132 valence electrons. The first-order valence-corrected chi connectivity index (χ1v) is 9.00. The van der Waals surface area contributed by atoms with Crippen LogP contribution in [0.1, 0.15) is 19.8 Å². The lowest BCUT2D eigenvalue weighted by atomic mass is 9.95. The van der Waals surface area contributed by atoms with Gasteiger partial charge in [0.1, 0.15) is 0 Å². The topological polar surface area (TPSA) is 121 Å². The molecule has 0 aromatic rings. The third-order valence-corrected chi connectivity index (χ3v) is 6.58. The Kier molecular flexibility index (Phi) is 4.69. The SMILES string of the molecule is C[C@@](O)(C(F)F)[C@H](NC(=O)C1C[C@@H]2CS(=O)(=O)C[C@@H]2C1)C(=O)O. The molecular weight excluding hydrogens is 336 g/mol. The van der Waals surface area contributed by atoms with E-state index < -0.39 is 45.7 Å². The molecule has 0 radical (unpaired) electrons. The molecule has 1 aliphatic carbocycles. The molecule has 0 aromatic carbocycles. The van der Waals surface area contributed by atoms with Gasteiger partial charge < -0.3 is 15.5 Å². The van der Waals surface area contributed by atoms with Crippen LogP contribution in [0.5, 0.6) is 0 Å². The molecule has 3 N–H and O–H groups in total. The predicted molar refractivity (Wildman–Crippen MR) is 74.6 cm³/mol. The summed E-state index contributed by atoms with van der Waals surface area (Å²) in [5.74, 6) is -3.45. The quantitative estimate of drug-likeness (QED) is 0.619. The van der Waals surface area contributed by atoms with E-state index >= 15 is 0 Å². The Labute approximate surface area is 132 Å². The first-order chi connectivity index (χ1) is 10.4. The third kappa shape index (κ3) is 3.63. The minimum Gasteiger partial charge on any atom is -0.480 e. The van der Waals surface area contributed by atoms with E-state index in [1.54, 1.807) is 0 Å². The van der Waals surface area contributed by atoms with Crippen molar-refractivity contribution in [3.8, 4) is 0 Å². The Morgan fingerprint density at radius 3 is 2.09 bits per heavy atom. The van der Waals surface area contributed by atoms with Crippen LogP contribution in [0.4, 0.5) is 8.78 Å². The second-order valence-electron chi connectivity index (χ2n) is 6.57. The second kappa shape index (κ2) is 5.97. The molecular formula is C13H19F2NO6S. The summed E-state index contributed by atoms with van der Waals surface area (Å²) < 4.78 is 48.6. The number of aliphatic hydroxyl groups is 1. The number of hydrogen-bond acceptors (Lipinski definition) is 5. The Morgan fingerprint density at radius 1 is 1.22 bits per heavy atom. The molecule has 0 bridgehead atoms. The fourth-order valence-electron chi connectivity index (χ4n) is 3.40. The van der Waals surface area contributed by atoms with Crippen molar-refractivity contribution in [1.82, 2.24) is 5.32 Å². The molecule has 1 saturated heterocycles. The van der Waals surface area contributed by atoms with Gasteiger partial charge in [-0.2, -0.15) is 0 Å². The number of aliphatic carboxylic acids is 1. The number of carbonyl (C=O) groups excluding carboxylic acids is 1. The van der Waals surface area contributed by atoms with Crippen molar-refractivity contribution in [2.75, 3.05) is 11.5 Å². The molecule has 1 saturated carbocycles. The van der Waals surface area contributed by atoms with Crippen LogP contribution >= 0.6 is 0 Å². The third-order valence-electron chi connectivity index (χ3n) is 4.71. The van der Waals surface area contributed by atoms with Crippen LogP contribution in [0.2, 0.25) is 0 Å². The van der Waals surface area contributed by atoms with E-state index in [-0.39, 0.29) is 36.2 Å². The van der Waals surface area contributed by atoms with Crippen molar-refractivity contribution in [2.45, 2.75) is 37.8 Å². The number of carboxylic acids is 1. The maximum absolute atomic E-state index is 12.8. The van der Waals surface area contributed by atoms with Gasteiger partial charge in [-0.1, -0.05) is 0 Å². The number of amides is 1. The van der Waals surface area contributed by atoms with Gasteiger partial charge in [0.15, 0.2) is 21.5 Å². The van der Waals surface area contributed by atoms with E-state index in [1.807, 2.05) is 5.32 Å². The number of sulfone groups is 1. The number of halogens is 2. The minimum absolute atomic E-state index is 0.00143. The van der Waals surface area contributed by atoms with E-state index in [1.165, 1.54) is 0 Å². The molecule has 0 spiro atoms. The van der Waals surface area contributed by atoms with Gasteiger partial charge in [-0.15, -0.1) is 0 Å². The highest BCUT2D eigenvalue weighted by atomic mass is 32.2.